The molecule has 22 heavy (non-hydrogen) atoms. The molecule has 0 aromatic rings. The number of aliphatic carboxylic acids is 1. The molecule has 2 N–H and O–H groups in total. The van der Waals surface area contributed by atoms with Gasteiger partial charge in [0.15, 0.2) is 0 Å². The Morgan fingerprint density at radius 3 is 2.64 bits per heavy atom. The summed E-state index contributed by atoms with van der Waals surface area (Å²) in [5.74, 6) is -0.764. The molecule has 1 aliphatic rings. The van der Waals surface area contributed by atoms with Crippen LogP contribution in [0.2, 0.25) is 0 Å². The molecule has 1 fully saturated rings. The smallest absolute Gasteiger partial charge is 0.303 e. The van der Waals surface area contributed by atoms with E-state index < -0.39 is 5.97 Å². The van der Waals surface area contributed by atoms with E-state index in [9.17, 15) is 14.4 Å². The van der Waals surface area contributed by atoms with Crippen molar-refractivity contribution in [2.45, 2.75) is 70.8 Å². The second kappa shape index (κ2) is 10.2. The number of carbonyl (C=O) groups excluding carboxylic acids is 2. The molecule has 1 aliphatic heterocycles. The third-order valence-corrected chi connectivity index (χ3v) is 4.01. The molecule has 2 amide bonds. The molecule has 1 heterocycles. The molecule has 6 heteroatoms. The van der Waals surface area contributed by atoms with E-state index in [0.717, 1.165) is 25.7 Å². The Morgan fingerprint density at radius 1 is 1.18 bits per heavy atom. The fourth-order valence-electron chi connectivity index (χ4n) is 2.82. The largest absolute Gasteiger partial charge is 0.481 e. The minimum Gasteiger partial charge on any atom is -0.481 e. The van der Waals surface area contributed by atoms with Crippen LogP contribution in [0.25, 0.3) is 0 Å². The van der Waals surface area contributed by atoms with Gasteiger partial charge in [-0.3, -0.25) is 14.4 Å². The Morgan fingerprint density at radius 2 is 1.95 bits per heavy atom. The highest BCUT2D eigenvalue weighted by molar-refractivity contribution is 5.79. The number of rotatable bonds is 9. The number of hydrogen-bond donors (Lipinski definition) is 2. The van der Waals surface area contributed by atoms with Crippen molar-refractivity contribution >= 4 is 17.8 Å². The molecule has 0 bridgehead atoms. The van der Waals surface area contributed by atoms with Crippen LogP contribution in [-0.2, 0) is 14.4 Å². The van der Waals surface area contributed by atoms with Gasteiger partial charge in [-0.2, -0.15) is 0 Å². The van der Waals surface area contributed by atoms with Crippen molar-refractivity contribution in [3.05, 3.63) is 0 Å². The number of nitrogens with zero attached hydrogens (tertiary/aromatic N) is 1. The zero-order valence-corrected chi connectivity index (χ0v) is 13.5. The summed E-state index contributed by atoms with van der Waals surface area (Å²) in [6, 6.07) is 0.0475. The number of piperidine rings is 1. The molecule has 6 nitrogen and oxygen atoms in total. The predicted molar refractivity (Wildman–Crippen MR) is 83.4 cm³/mol. The minimum absolute atomic E-state index is 0.00396. The first-order valence-corrected chi connectivity index (χ1v) is 8.32. The molecule has 1 saturated heterocycles. The lowest BCUT2D eigenvalue weighted by Gasteiger charge is -2.35. The maximum atomic E-state index is 12.3. The molecular formula is C16H28N2O4. The third kappa shape index (κ3) is 6.91. The van der Waals surface area contributed by atoms with Gasteiger partial charge >= 0.3 is 5.97 Å². The Balaban J connectivity index is 2.34. The van der Waals surface area contributed by atoms with Crippen molar-refractivity contribution in [1.29, 1.82) is 0 Å². The Kier molecular flexibility index (Phi) is 8.55. The minimum atomic E-state index is -0.814. The summed E-state index contributed by atoms with van der Waals surface area (Å²) in [6.07, 6.45) is 5.74. The van der Waals surface area contributed by atoms with E-state index in [0.29, 0.717) is 38.8 Å². The maximum Gasteiger partial charge on any atom is 0.303 e. The Bertz CT molecular complexity index is 384. The topological polar surface area (TPSA) is 86.7 Å². The normalized spacial score (nSPS) is 18.0. The second-order valence-corrected chi connectivity index (χ2v) is 5.87. The molecule has 1 unspecified atom stereocenters. The molecule has 0 aromatic carbocycles. The molecule has 0 spiro atoms. The van der Waals surface area contributed by atoms with Gasteiger partial charge in [-0.05, 0) is 38.5 Å². The van der Waals surface area contributed by atoms with Crippen molar-refractivity contribution in [1.82, 2.24) is 10.2 Å². The lowest BCUT2D eigenvalue weighted by Crippen LogP contribution is -2.43. The number of carboxylic acid groups (broad SMARTS) is 1. The van der Waals surface area contributed by atoms with E-state index >= 15 is 0 Å². The van der Waals surface area contributed by atoms with Crippen LogP contribution in [0.3, 0.4) is 0 Å². The van der Waals surface area contributed by atoms with Crippen LogP contribution in [0, 0.1) is 0 Å². The van der Waals surface area contributed by atoms with E-state index in [1.165, 1.54) is 0 Å². The van der Waals surface area contributed by atoms with E-state index in [1.54, 1.807) is 0 Å². The number of likely N-dealkylation sites (tertiary alicyclic amines) is 1. The number of carbonyl (C=O) groups is 3. The van der Waals surface area contributed by atoms with Crippen LogP contribution >= 0.6 is 0 Å². The molecule has 1 rings (SSSR count). The molecule has 1 atom stereocenters. The van der Waals surface area contributed by atoms with Crippen LogP contribution in [0.5, 0.6) is 0 Å². The van der Waals surface area contributed by atoms with E-state index in [4.69, 9.17) is 5.11 Å². The van der Waals surface area contributed by atoms with Gasteiger partial charge in [0, 0.05) is 38.4 Å². The first-order chi connectivity index (χ1) is 10.5. The molecule has 0 aliphatic carbocycles. The lowest BCUT2D eigenvalue weighted by molar-refractivity contribution is -0.140. The summed E-state index contributed by atoms with van der Waals surface area (Å²) < 4.78 is 0. The number of carboxylic acids is 1. The van der Waals surface area contributed by atoms with Crippen molar-refractivity contribution in [3.63, 3.8) is 0 Å². The number of hydrogen-bond acceptors (Lipinski definition) is 3. The fourth-order valence-corrected chi connectivity index (χ4v) is 2.82. The summed E-state index contributed by atoms with van der Waals surface area (Å²) in [5.41, 5.74) is 0. The monoisotopic (exact) mass is 312 g/mol. The van der Waals surface area contributed by atoms with Crippen LogP contribution in [0.4, 0.5) is 0 Å². The summed E-state index contributed by atoms with van der Waals surface area (Å²) in [5, 5.41) is 11.6. The van der Waals surface area contributed by atoms with Gasteiger partial charge in [-0.15, -0.1) is 0 Å². The van der Waals surface area contributed by atoms with Crippen LogP contribution < -0.4 is 5.32 Å². The predicted octanol–water partition coefficient (Wildman–Crippen LogP) is 1.93. The maximum absolute atomic E-state index is 12.3. The summed E-state index contributed by atoms with van der Waals surface area (Å²) >= 11 is 0. The number of amides is 2. The summed E-state index contributed by atoms with van der Waals surface area (Å²) in [6.45, 7) is 3.39. The van der Waals surface area contributed by atoms with E-state index in [1.807, 2.05) is 11.8 Å². The van der Waals surface area contributed by atoms with Crippen LogP contribution in [0.15, 0.2) is 0 Å². The highest BCUT2D eigenvalue weighted by Gasteiger charge is 2.26. The molecule has 0 saturated carbocycles. The van der Waals surface area contributed by atoms with Gasteiger partial charge in [0.1, 0.15) is 0 Å². The first kappa shape index (κ1) is 18.5. The zero-order chi connectivity index (χ0) is 16.4. The van der Waals surface area contributed by atoms with Crippen LogP contribution in [0.1, 0.15) is 64.7 Å². The van der Waals surface area contributed by atoms with Gasteiger partial charge in [0.2, 0.25) is 11.8 Å². The molecular weight excluding hydrogens is 284 g/mol. The van der Waals surface area contributed by atoms with E-state index in [2.05, 4.69) is 5.32 Å². The average molecular weight is 312 g/mol. The fraction of sp³-hybridized carbons (Fsp3) is 0.812. The van der Waals surface area contributed by atoms with Crippen molar-refractivity contribution in [3.8, 4) is 0 Å². The highest BCUT2D eigenvalue weighted by atomic mass is 16.4. The average Bonchev–Trinajstić information content (AvgIpc) is 2.51. The Hall–Kier alpha value is -1.59. The van der Waals surface area contributed by atoms with Crippen molar-refractivity contribution in [2.24, 2.45) is 0 Å². The second-order valence-electron chi connectivity index (χ2n) is 5.87. The van der Waals surface area contributed by atoms with Crippen molar-refractivity contribution in [2.75, 3.05) is 13.1 Å². The van der Waals surface area contributed by atoms with Gasteiger partial charge in [0.25, 0.3) is 0 Å². The zero-order valence-electron chi connectivity index (χ0n) is 13.5. The van der Waals surface area contributed by atoms with Gasteiger partial charge in [-0.1, -0.05) is 6.92 Å². The quantitative estimate of drug-likeness (QED) is 0.681. The van der Waals surface area contributed by atoms with Crippen LogP contribution in [-0.4, -0.2) is 46.9 Å². The molecule has 126 valence electrons. The number of nitrogens with one attached hydrogen (secondary N) is 1. The Labute approximate surface area is 132 Å². The highest BCUT2D eigenvalue weighted by Crippen LogP contribution is 2.22. The van der Waals surface area contributed by atoms with Gasteiger partial charge < -0.3 is 15.3 Å². The molecule has 0 aromatic heterocycles. The first-order valence-electron chi connectivity index (χ1n) is 8.32. The van der Waals surface area contributed by atoms with E-state index in [-0.39, 0.29) is 24.3 Å². The van der Waals surface area contributed by atoms with Gasteiger partial charge in [0.05, 0.1) is 0 Å². The summed E-state index contributed by atoms with van der Waals surface area (Å²) in [4.78, 5) is 36.3. The lowest BCUT2D eigenvalue weighted by atomic mass is 9.97. The SMILES string of the molecule is CCCNC(=O)CCCC(=O)N1CCCCC1CCC(=O)O. The standard InChI is InChI=1S/C16H28N2O4/c1-2-11-17-14(19)7-5-8-15(20)18-12-4-3-6-13(18)9-10-16(21)22/h13H,2-12H2,1H3,(H,17,19)(H,21,22). The summed E-state index contributed by atoms with van der Waals surface area (Å²) in [7, 11) is 0. The van der Waals surface area contributed by atoms with Crippen molar-refractivity contribution < 1.29 is 19.5 Å². The van der Waals surface area contributed by atoms with Gasteiger partial charge in [-0.25, -0.2) is 0 Å². The third-order valence-electron chi connectivity index (χ3n) is 4.01. The molecule has 0 radical (unpaired) electrons.